The van der Waals surface area contributed by atoms with Crippen molar-refractivity contribution in [2.24, 2.45) is 5.16 Å². The van der Waals surface area contributed by atoms with Crippen LogP contribution in [0.3, 0.4) is 0 Å². The van der Waals surface area contributed by atoms with Gasteiger partial charge in [0.15, 0.2) is 5.71 Å². The highest BCUT2D eigenvalue weighted by Crippen LogP contribution is 2.11. The number of ketones is 1. The highest BCUT2D eigenvalue weighted by atomic mass is 19.1. The maximum atomic E-state index is 12.9. The number of oxime groups is 1. The van der Waals surface area contributed by atoms with E-state index in [2.05, 4.69) is 10.5 Å². The van der Waals surface area contributed by atoms with Gasteiger partial charge in [0.2, 0.25) is 5.78 Å². The van der Waals surface area contributed by atoms with Gasteiger partial charge in [0.1, 0.15) is 5.82 Å². The summed E-state index contributed by atoms with van der Waals surface area (Å²) >= 11 is 0. The van der Waals surface area contributed by atoms with E-state index >= 15 is 0 Å². The Morgan fingerprint density at radius 1 is 0.778 bits per heavy atom. The van der Waals surface area contributed by atoms with E-state index in [9.17, 15) is 14.0 Å². The Bertz CT molecular complexity index is 956. The van der Waals surface area contributed by atoms with Crippen molar-refractivity contribution < 1.29 is 18.8 Å². The van der Waals surface area contributed by atoms with Crippen LogP contribution in [0.1, 0.15) is 15.9 Å². The molecular formula is C21H15FN2O3. The molecule has 0 unspecified atom stereocenters. The second-order valence-electron chi connectivity index (χ2n) is 5.51. The zero-order valence-corrected chi connectivity index (χ0v) is 14.1. The molecule has 3 aromatic rings. The van der Waals surface area contributed by atoms with E-state index in [1.807, 2.05) is 0 Å². The van der Waals surface area contributed by atoms with Crippen molar-refractivity contribution in [2.75, 3.05) is 5.32 Å². The van der Waals surface area contributed by atoms with Gasteiger partial charge < -0.3 is 0 Å². The summed E-state index contributed by atoms with van der Waals surface area (Å²) in [7, 11) is 0. The molecule has 0 aromatic heterocycles. The van der Waals surface area contributed by atoms with Gasteiger partial charge in [-0.3, -0.25) is 14.9 Å². The van der Waals surface area contributed by atoms with E-state index in [0.29, 0.717) is 16.8 Å². The van der Waals surface area contributed by atoms with Crippen LogP contribution in [0.2, 0.25) is 0 Å². The van der Waals surface area contributed by atoms with Crippen molar-refractivity contribution in [3.05, 3.63) is 102 Å². The number of anilines is 1. The number of nitrogens with zero attached hydrogens (tertiary/aromatic N) is 1. The maximum Gasteiger partial charge on any atom is 0.437 e. The van der Waals surface area contributed by atoms with Crippen LogP contribution >= 0.6 is 0 Å². The zero-order valence-electron chi connectivity index (χ0n) is 14.1. The van der Waals surface area contributed by atoms with Gasteiger partial charge in [0, 0.05) is 16.8 Å². The van der Waals surface area contributed by atoms with E-state index in [0.717, 1.165) is 0 Å². The Morgan fingerprint density at radius 3 is 1.93 bits per heavy atom. The monoisotopic (exact) mass is 362 g/mol. The lowest BCUT2D eigenvalue weighted by atomic mass is 10.0. The van der Waals surface area contributed by atoms with Gasteiger partial charge in [-0.2, -0.15) is 0 Å². The summed E-state index contributed by atoms with van der Waals surface area (Å²) in [5.74, 6) is -0.803. The second kappa shape index (κ2) is 8.53. The summed E-state index contributed by atoms with van der Waals surface area (Å²) in [5, 5.41) is 6.17. The number of halogens is 1. The number of carbonyl (C=O) groups excluding carboxylic acids is 2. The minimum Gasteiger partial charge on any atom is -0.297 e. The topological polar surface area (TPSA) is 67.8 Å². The third-order valence-corrected chi connectivity index (χ3v) is 3.61. The molecule has 0 radical (unpaired) electrons. The van der Waals surface area contributed by atoms with Gasteiger partial charge in [-0.05, 0) is 24.3 Å². The van der Waals surface area contributed by atoms with E-state index < -0.39 is 11.9 Å². The molecule has 1 N–H and O–H groups in total. The minimum atomic E-state index is -0.893. The first-order valence-corrected chi connectivity index (χ1v) is 8.10. The highest BCUT2D eigenvalue weighted by Gasteiger charge is 2.18. The lowest BCUT2D eigenvalue weighted by Gasteiger charge is -2.07. The van der Waals surface area contributed by atoms with Gasteiger partial charge in [-0.15, -0.1) is 0 Å². The Labute approximate surface area is 155 Å². The number of hydrogen-bond acceptors (Lipinski definition) is 4. The summed E-state index contributed by atoms with van der Waals surface area (Å²) in [6, 6.07) is 22.4. The molecule has 134 valence electrons. The molecule has 1 amide bonds. The predicted octanol–water partition coefficient (Wildman–Crippen LogP) is 4.66. The Kier molecular flexibility index (Phi) is 5.69. The molecule has 3 aromatic carbocycles. The molecule has 0 aliphatic rings. The molecule has 0 saturated carbocycles. The summed E-state index contributed by atoms with van der Waals surface area (Å²) < 4.78 is 12.9. The number of benzene rings is 3. The average molecular weight is 362 g/mol. The number of Topliss-reactive ketones (excluding diaryl/α,β-unsaturated/α-hetero) is 1. The molecule has 0 heterocycles. The molecule has 27 heavy (non-hydrogen) atoms. The van der Waals surface area contributed by atoms with Gasteiger partial charge in [0.05, 0.1) is 0 Å². The van der Waals surface area contributed by atoms with Gasteiger partial charge >= 0.3 is 6.09 Å². The Hall–Kier alpha value is -3.80. The molecule has 0 aliphatic carbocycles. The summed E-state index contributed by atoms with van der Waals surface area (Å²) in [4.78, 5) is 29.6. The predicted molar refractivity (Wildman–Crippen MR) is 100 cm³/mol. The average Bonchev–Trinajstić information content (AvgIpc) is 2.71. The first kappa shape index (κ1) is 18.0. The molecule has 0 fully saturated rings. The highest BCUT2D eigenvalue weighted by molar-refractivity contribution is 6.51. The van der Waals surface area contributed by atoms with Crippen molar-refractivity contribution in [3.8, 4) is 0 Å². The van der Waals surface area contributed by atoms with Crippen LogP contribution in [-0.2, 0) is 4.84 Å². The number of carbonyl (C=O) groups is 2. The molecule has 0 atom stereocenters. The number of nitrogens with one attached hydrogen (secondary N) is 1. The largest absolute Gasteiger partial charge is 0.437 e. The summed E-state index contributed by atoms with van der Waals surface area (Å²) in [6.45, 7) is 0. The van der Waals surface area contributed by atoms with Crippen LogP contribution in [0.15, 0.2) is 90.1 Å². The third-order valence-electron chi connectivity index (χ3n) is 3.61. The second-order valence-corrected chi connectivity index (χ2v) is 5.51. The number of hydrogen-bond donors (Lipinski definition) is 1. The maximum absolute atomic E-state index is 12.9. The molecule has 0 aliphatic heterocycles. The molecule has 3 rings (SSSR count). The minimum absolute atomic E-state index is 0.00365. The fourth-order valence-corrected chi connectivity index (χ4v) is 2.31. The Morgan fingerprint density at radius 2 is 1.33 bits per heavy atom. The quantitative estimate of drug-likeness (QED) is 0.311. The fraction of sp³-hybridized carbons (Fsp3) is 0. The van der Waals surface area contributed by atoms with Crippen LogP contribution in [0.5, 0.6) is 0 Å². The molecule has 5 nitrogen and oxygen atoms in total. The van der Waals surface area contributed by atoms with Crippen LogP contribution in [-0.4, -0.2) is 17.6 Å². The SMILES string of the molecule is O=C(Nc1ccc(F)cc1)O/N=C(\C(=O)c1ccccc1)c1ccccc1. The molecule has 6 heteroatoms. The van der Waals surface area contributed by atoms with Gasteiger partial charge in [0.25, 0.3) is 0 Å². The van der Waals surface area contributed by atoms with Crippen molar-refractivity contribution in [1.29, 1.82) is 0 Å². The van der Waals surface area contributed by atoms with Crippen LogP contribution in [0, 0.1) is 5.82 Å². The lowest BCUT2D eigenvalue weighted by Crippen LogP contribution is -2.19. The lowest BCUT2D eigenvalue weighted by molar-refractivity contribution is 0.106. The van der Waals surface area contributed by atoms with Crippen molar-refractivity contribution >= 4 is 23.3 Å². The molecular weight excluding hydrogens is 347 g/mol. The number of rotatable bonds is 5. The van der Waals surface area contributed by atoms with E-state index in [1.165, 1.54) is 24.3 Å². The van der Waals surface area contributed by atoms with E-state index in [1.54, 1.807) is 60.7 Å². The normalized spacial score (nSPS) is 10.9. The van der Waals surface area contributed by atoms with E-state index in [-0.39, 0.29) is 11.5 Å². The van der Waals surface area contributed by atoms with Crippen molar-refractivity contribution in [3.63, 3.8) is 0 Å². The zero-order chi connectivity index (χ0) is 19.1. The summed E-state index contributed by atoms with van der Waals surface area (Å²) in [6.07, 6.45) is -0.893. The standard InChI is InChI=1S/C21H15FN2O3/c22-17-11-13-18(14-12-17)23-21(26)27-24-19(15-7-3-1-4-8-15)20(25)16-9-5-2-6-10-16/h1-14H,(H,23,26)/b24-19-. The van der Waals surface area contributed by atoms with Gasteiger partial charge in [-0.1, -0.05) is 65.8 Å². The smallest absolute Gasteiger partial charge is 0.297 e. The van der Waals surface area contributed by atoms with Crippen molar-refractivity contribution in [1.82, 2.24) is 0 Å². The van der Waals surface area contributed by atoms with Crippen molar-refractivity contribution in [2.45, 2.75) is 0 Å². The Balaban J connectivity index is 1.81. The van der Waals surface area contributed by atoms with Gasteiger partial charge in [-0.25, -0.2) is 9.18 Å². The van der Waals surface area contributed by atoms with Crippen LogP contribution in [0.4, 0.5) is 14.9 Å². The fourth-order valence-electron chi connectivity index (χ4n) is 2.31. The molecule has 0 saturated heterocycles. The first-order chi connectivity index (χ1) is 13.1. The van der Waals surface area contributed by atoms with E-state index in [4.69, 9.17) is 4.84 Å². The molecule has 0 spiro atoms. The van der Waals surface area contributed by atoms with Crippen LogP contribution in [0.25, 0.3) is 0 Å². The number of amides is 1. The molecule has 0 bridgehead atoms. The van der Waals surface area contributed by atoms with Crippen LogP contribution < -0.4 is 5.32 Å². The third kappa shape index (κ3) is 4.85. The first-order valence-electron chi connectivity index (χ1n) is 8.10. The summed E-state index contributed by atoms with van der Waals surface area (Å²) in [5.41, 5.74) is 1.27.